The molecule has 0 aliphatic heterocycles. The quantitative estimate of drug-likeness (QED) is 0.909. The van der Waals surface area contributed by atoms with Crippen LogP contribution in [0.3, 0.4) is 0 Å². The Labute approximate surface area is 127 Å². The minimum absolute atomic E-state index is 0.200. The van der Waals surface area contributed by atoms with E-state index in [0.717, 1.165) is 10.2 Å². The maximum absolute atomic E-state index is 11.5. The summed E-state index contributed by atoms with van der Waals surface area (Å²) < 4.78 is 13.4. The SMILES string of the molecule is Cc1nn(C)c(OC(C)CNC(=O)OC(C)(C)C)c1Br. The van der Waals surface area contributed by atoms with Crippen LogP contribution in [0.25, 0.3) is 0 Å². The molecule has 1 aromatic heterocycles. The Hall–Kier alpha value is -1.24. The molecule has 0 aromatic carbocycles. The van der Waals surface area contributed by atoms with Crippen molar-refractivity contribution in [1.82, 2.24) is 15.1 Å². The topological polar surface area (TPSA) is 65.4 Å². The summed E-state index contributed by atoms with van der Waals surface area (Å²) in [4.78, 5) is 11.5. The molecule has 0 bridgehead atoms. The van der Waals surface area contributed by atoms with Crippen LogP contribution in [0.2, 0.25) is 0 Å². The summed E-state index contributed by atoms with van der Waals surface area (Å²) in [6.45, 7) is 9.57. The van der Waals surface area contributed by atoms with E-state index in [1.54, 1.807) is 11.7 Å². The number of carbonyl (C=O) groups excluding carboxylic acids is 1. The minimum Gasteiger partial charge on any atom is -0.472 e. The fourth-order valence-corrected chi connectivity index (χ4v) is 1.94. The van der Waals surface area contributed by atoms with Crippen LogP contribution in [0.1, 0.15) is 33.4 Å². The fourth-order valence-electron chi connectivity index (χ4n) is 1.51. The van der Waals surface area contributed by atoms with Gasteiger partial charge in [0.1, 0.15) is 16.2 Å². The third-order valence-corrected chi connectivity index (χ3v) is 3.26. The standard InChI is InChI=1S/C13H22BrN3O3/c1-8(7-15-12(18)20-13(3,4)5)19-11-10(14)9(2)16-17(11)6/h8H,7H2,1-6H3,(H,15,18). The summed E-state index contributed by atoms with van der Waals surface area (Å²) in [5.74, 6) is 0.640. The highest BCUT2D eigenvalue weighted by Crippen LogP contribution is 2.28. The van der Waals surface area contributed by atoms with Gasteiger partial charge in [-0.25, -0.2) is 9.48 Å². The molecule has 0 radical (unpaired) electrons. The third-order valence-electron chi connectivity index (χ3n) is 2.34. The average molecular weight is 348 g/mol. The number of hydrogen-bond acceptors (Lipinski definition) is 4. The Morgan fingerprint density at radius 2 is 2.10 bits per heavy atom. The molecule has 1 aromatic rings. The van der Waals surface area contributed by atoms with Gasteiger partial charge in [0.15, 0.2) is 0 Å². The van der Waals surface area contributed by atoms with Gasteiger partial charge in [0.05, 0.1) is 12.2 Å². The van der Waals surface area contributed by atoms with Gasteiger partial charge in [0.25, 0.3) is 0 Å². The molecule has 1 atom stereocenters. The summed E-state index contributed by atoms with van der Waals surface area (Å²) in [6.07, 6.45) is -0.651. The predicted octanol–water partition coefficient (Wildman–Crippen LogP) is 2.78. The molecule has 0 spiro atoms. The van der Waals surface area contributed by atoms with Gasteiger partial charge >= 0.3 is 6.09 Å². The molecule has 20 heavy (non-hydrogen) atoms. The summed E-state index contributed by atoms with van der Waals surface area (Å²) in [7, 11) is 1.81. The number of aryl methyl sites for hydroxylation is 2. The van der Waals surface area contributed by atoms with Gasteiger partial charge < -0.3 is 14.8 Å². The molecule has 1 amide bonds. The number of halogens is 1. The second kappa shape index (κ2) is 6.47. The van der Waals surface area contributed by atoms with Crippen molar-refractivity contribution < 1.29 is 14.3 Å². The first-order chi connectivity index (χ1) is 9.10. The zero-order valence-corrected chi connectivity index (χ0v) is 14.4. The van der Waals surface area contributed by atoms with E-state index in [-0.39, 0.29) is 6.10 Å². The summed E-state index contributed by atoms with van der Waals surface area (Å²) in [5.41, 5.74) is 0.353. The molecule has 0 aliphatic carbocycles. The highest BCUT2D eigenvalue weighted by atomic mass is 79.9. The average Bonchev–Trinajstić information content (AvgIpc) is 2.51. The Morgan fingerprint density at radius 3 is 2.55 bits per heavy atom. The van der Waals surface area contributed by atoms with Crippen molar-refractivity contribution in [3.05, 3.63) is 10.2 Å². The number of nitrogens with one attached hydrogen (secondary N) is 1. The Balaban J connectivity index is 2.48. The monoisotopic (exact) mass is 347 g/mol. The molecule has 0 fully saturated rings. The zero-order chi connectivity index (χ0) is 15.5. The van der Waals surface area contributed by atoms with E-state index in [2.05, 4.69) is 26.3 Å². The first kappa shape index (κ1) is 16.8. The van der Waals surface area contributed by atoms with Crippen LogP contribution >= 0.6 is 15.9 Å². The molecule has 1 rings (SSSR count). The van der Waals surface area contributed by atoms with Gasteiger partial charge in [-0.15, -0.1) is 0 Å². The third kappa shape index (κ3) is 5.03. The van der Waals surface area contributed by atoms with Crippen molar-refractivity contribution in [2.75, 3.05) is 6.54 Å². The number of alkyl carbamates (subject to hydrolysis) is 1. The minimum atomic E-state index is -0.504. The molecule has 0 aliphatic rings. The van der Waals surface area contributed by atoms with Gasteiger partial charge in [-0.1, -0.05) is 0 Å². The first-order valence-electron chi connectivity index (χ1n) is 6.42. The molecule has 7 heteroatoms. The first-order valence-corrected chi connectivity index (χ1v) is 7.22. The van der Waals surface area contributed by atoms with Crippen LogP contribution in [0.15, 0.2) is 4.47 Å². The van der Waals surface area contributed by atoms with Crippen LogP contribution in [-0.2, 0) is 11.8 Å². The van der Waals surface area contributed by atoms with E-state index in [1.807, 2.05) is 34.6 Å². The van der Waals surface area contributed by atoms with Crippen molar-refractivity contribution in [2.24, 2.45) is 7.05 Å². The molecule has 0 saturated heterocycles. The number of ether oxygens (including phenoxy) is 2. The van der Waals surface area contributed by atoms with Gasteiger partial charge in [0.2, 0.25) is 5.88 Å². The maximum atomic E-state index is 11.5. The summed E-state index contributed by atoms with van der Waals surface area (Å²) in [6, 6.07) is 0. The zero-order valence-electron chi connectivity index (χ0n) is 12.8. The normalized spacial score (nSPS) is 12.9. The van der Waals surface area contributed by atoms with E-state index in [0.29, 0.717) is 12.4 Å². The maximum Gasteiger partial charge on any atom is 0.407 e. The van der Waals surface area contributed by atoms with Crippen molar-refractivity contribution in [1.29, 1.82) is 0 Å². The van der Waals surface area contributed by atoms with E-state index in [9.17, 15) is 4.79 Å². The Morgan fingerprint density at radius 1 is 1.50 bits per heavy atom. The van der Waals surface area contributed by atoms with E-state index in [1.165, 1.54) is 0 Å². The van der Waals surface area contributed by atoms with Crippen LogP contribution < -0.4 is 10.1 Å². The molecule has 114 valence electrons. The number of hydrogen-bond donors (Lipinski definition) is 1. The molecular weight excluding hydrogens is 326 g/mol. The van der Waals surface area contributed by atoms with Gasteiger partial charge in [0, 0.05) is 7.05 Å². The van der Waals surface area contributed by atoms with Crippen LogP contribution in [0.5, 0.6) is 5.88 Å². The second-order valence-corrected chi connectivity index (χ2v) is 6.43. The molecule has 6 nitrogen and oxygen atoms in total. The molecular formula is C13H22BrN3O3. The van der Waals surface area contributed by atoms with E-state index in [4.69, 9.17) is 9.47 Å². The van der Waals surface area contributed by atoms with Gasteiger partial charge in [-0.05, 0) is 50.5 Å². The lowest BCUT2D eigenvalue weighted by Crippen LogP contribution is -2.37. The highest BCUT2D eigenvalue weighted by Gasteiger charge is 2.18. The lowest BCUT2D eigenvalue weighted by molar-refractivity contribution is 0.0503. The van der Waals surface area contributed by atoms with Gasteiger partial charge in [-0.2, -0.15) is 5.10 Å². The van der Waals surface area contributed by atoms with Crippen molar-refractivity contribution in [2.45, 2.75) is 46.3 Å². The largest absolute Gasteiger partial charge is 0.472 e. The predicted molar refractivity (Wildman–Crippen MR) is 80.0 cm³/mol. The van der Waals surface area contributed by atoms with E-state index >= 15 is 0 Å². The molecule has 1 unspecified atom stereocenters. The molecule has 1 N–H and O–H groups in total. The second-order valence-electron chi connectivity index (χ2n) is 5.64. The number of carbonyl (C=O) groups is 1. The smallest absolute Gasteiger partial charge is 0.407 e. The molecule has 1 heterocycles. The Kier molecular flexibility index (Phi) is 5.44. The molecule has 0 saturated carbocycles. The number of rotatable bonds is 4. The lowest BCUT2D eigenvalue weighted by Gasteiger charge is -2.21. The van der Waals surface area contributed by atoms with E-state index < -0.39 is 11.7 Å². The summed E-state index contributed by atoms with van der Waals surface area (Å²) >= 11 is 3.43. The summed E-state index contributed by atoms with van der Waals surface area (Å²) in [5, 5.41) is 6.91. The van der Waals surface area contributed by atoms with Crippen LogP contribution in [0.4, 0.5) is 4.79 Å². The van der Waals surface area contributed by atoms with Crippen molar-refractivity contribution in [3.8, 4) is 5.88 Å². The van der Waals surface area contributed by atoms with Crippen molar-refractivity contribution in [3.63, 3.8) is 0 Å². The van der Waals surface area contributed by atoms with Gasteiger partial charge in [-0.3, -0.25) is 0 Å². The fraction of sp³-hybridized carbons (Fsp3) is 0.692. The number of amides is 1. The van der Waals surface area contributed by atoms with Crippen LogP contribution in [0, 0.1) is 6.92 Å². The number of aromatic nitrogens is 2. The van der Waals surface area contributed by atoms with Crippen molar-refractivity contribution >= 4 is 22.0 Å². The lowest BCUT2D eigenvalue weighted by atomic mass is 10.2. The highest BCUT2D eigenvalue weighted by molar-refractivity contribution is 9.10. The van der Waals surface area contributed by atoms with Crippen LogP contribution in [-0.4, -0.2) is 34.1 Å². The Bertz CT molecular complexity index is 480. The number of nitrogens with zero attached hydrogens (tertiary/aromatic N) is 2.